The number of rotatable bonds is 7. The number of hydrogen-bond donors (Lipinski definition) is 1. The Labute approximate surface area is 77.2 Å². The van der Waals surface area contributed by atoms with Crippen LogP contribution in [0.3, 0.4) is 0 Å². The molecule has 0 spiro atoms. The van der Waals surface area contributed by atoms with Crippen molar-refractivity contribution >= 4 is 0 Å². The summed E-state index contributed by atoms with van der Waals surface area (Å²) in [5, 5.41) is 3.25. The number of hydrogen-bond acceptors (Lipinski definition) is 1. The van der Waals surface area contributed by atoms with Gasteiger partial charge in [-0.15, -0.1) is 0 Å². The van der Waals surface area contributed by atoms with Crippen LogP contribution in [-0.2, 0) is 0 Å². The van der Waals surface area contributed by atoms with Gasteiger partial charge in [-0.3, -0.25) is 0 Å². The molecular weight excluding hydrogens is 146 g/mol. The Balaban J connectivity index is 3.23. The van der Waals surface area contributed by atoms with Crippen LogP contribution in [-0.4, -0.2) is 6.54 Å². The summed E-state index contributed by atoms with van der Waals surface area (Å²) in [5.74, 6) is 0.928. The Morgan fingerprint density at radius 2 is 1.92 bits per heavy atom. The minimum atomic E-state index is 0.928. The van der Waals surface area contributed by atoms with Crippen molar-refractivity contribution in [3.05, 3.63) is 12.3 Å². The van der Waals surface area contributed by atoms with Crippen LogP contribution in [0.15, 0.2) is 12.3 Å². The van der Waals surface area contributed by atoms with Gasteiger partial charge in [0.15, 0.2) is 0 Å². The van der Waals surface area contributed by atoms with Crippen LogP contribution in [0, 0.1) is 5.92 Å². The molecule has 0 saturated heterocycles. The van der Waals surface area contributed by atoms with Gasteiger partial charge in [0.25, 0.3) is 0 Å². The highest BCUT2D eigenvalue weighted by molar-refractivity contribution is 4.83. The molecule has 0 aliphatic carbocycles. The maximum atomic E-state index is 3.80. The highest BCUT2D eigenvalue weighted by atomic mass is 14.9. The maximum Gasteiger partial charge on any atom is 0.0143 e. The van der Waals surface area contributed by atoms with Crippen LogP contribution in [0.25, 0.3) is 0 Å². The molecule has 12 heavy (non-hydrogen) atoms. The van der Waals surface area contributed by atoms with Crippen molar-refractivity contribution in [2.75, 3.05) is 6.54 Å². The molecule has 0 radical (unpaired) electrons. The molecule has 1 nitrogen and oxygen atoms in total. The molecule has 0 rings (SSSR count). The Kier molecular flexibility index (Phi) is 6.93. The first-order valence-corrected chi connectivity index (χ1v) is 5.10. The quantitative estimate of drug-likeness (QED) is 0.576. The second-order valence-corrected chi connectivity index (χ2v) is 3.53. The van der Waals surface area contributed by atoms with Crippen LogP contribution in [0.4, 0.5) is 0 Å². The molecule has 1 N–H and O–H groups in total. The van der Waals surface area contributed by atoms with Crippen LogP contribution in [0.5, 0.6) is 0 Å². The van der Waals surface area contributed by atoms with Crippen LogP contribution < -0.4 is 5.32 Å². The maximum absolute atomic E-state index is 3.80. The predicted octanol–water partition coefficient (Wildman–Crippen LogP) is 3.33. The van der Waals surface area contributed by atoms with E-state index < -0.39 is 0 Å². The van der Waals surface area contributed by atoms with Crippen molar-refractivity contribution in [3.8, 4) is 0 Å². The van der Waals surface area contributed by atoms with E-state index in [-0.39, 0.29) is 0 Å². The minimum Gasteiger partial charge on any atom is -0.389 e. The van der Waals surface area contributed by atoms with Crippen molar-refractivity contribution in [2.24, 2.45) is 5.92 Å². The summed E-state index contributed by atoms with van der Waals surface area (Å²) in [5.41, 5.74) is 1.08. The molecule has 0 aliphatic heterocycles. The van der Waals surface area contributed by atoms with Crippen molar-refractivity contribution in [1.29, 1.82) is 0 Å². The minimum absolute atomic E-state index is 0.928. The lowest BCUT2D eigenvalue weighted by atomic mass is 9.98. The average Bonchev–Trinajstić information content (AvgIpc) is 2.04. The van der Waals surface area contributed by atoms with Gasteiger partial charge in [-0.25, -0.2) is 0 Å². The van der Waals surface area contributed by atoms with E-state index in [1.54, 1.807) is 0 Å². The van der Waals surface area contributed by atoms with Gasteiger partial charge in [-0.1, -0.05) is 33.3 Å². The Hall–Kier alpha value is -0.460. The molecule has 0 amide bonds. The Morgan fingerprint density at radius 1 is 1.33 bits per heavy atom. The fourth-order valence-corrected chi connectivity index (χ4v) is 1.39. The molecule has 0 atom stereocenters. The third-order valence-electron chi connectivity index (χ3n) is 2.37. The summed E-state index contributed by atoms with van der Waals surface area (Å²) in [4.78, 5) is 0. The molecule has 0 unspecified atom stereocenters. The normalized spacial score (nSPS) is 10.3. The van der Waals surface area contributed by atoms with Gasteiger partial charge in [0.2, 0.25) is 0 Å². The summed E-state index contributed by atoms with van der Waals surface area (Å²) >= 11 is 0. The SMILES string of the molecule is C=C(C)NCCCC(CC)CC. The molecule has 1 heteroatoms. The molecule has 0 aromatic carbocycles. The predicted molar refractivity (Wildman–Crippen MR) is 56.1 cm³/mol. The van der Waals surface area contributed by atoms with Crippen LogP contribution in [0.2, 0.25) is 0 Å². The van der Waals surface area contributed by atoms with Gasteiger partial charge in [0, 0.05) is 12.2 Å². The Morgan fingerprint density at radius 3 is 2.33 bits per heavy atom. The molecule has 0 bridgehead atoms. The van der Waals surface area contributed by atoms with Gasteiger partial charge in [0.05, 0.1) is 0 Å². The zero-order valence-electron chi connectivity index (χ0n) is 8.82. The van der Waals surface area contributed by atoms with Gasteiger partial charge < -0.3 is 5.32 Å². The lowest BCUT2D eigenvalue weighted by Crippen LogP contribution is -2.12. The van der Waals surface area contributed by atoms with E-state index in [4.69, 9.17) is 0 Å². The van der Waals surface area contributed by atoms with E-state index in [9.17, 15) is 0 Å². The van der Waals surface area contributed by atoms with E-state index in [1.807, 2.05) is 6.92 Å². The topological polar surface area (TPSA) is 12.0 Å². The molecule has 0 aliphatic rings. The summed E-state index contributed by atoms with van der Waals surface area (Å²) in [6.07, 6.45) is 5.28. The molecule has 0 saturated carbocycles. The van der Waals surface area contributed by atoms with E-state index in [0.29, 0.717) is 0 Å². The summed E-state index contributed by atoms with van der Waals surface area (Å²) in [7, 11) is 0. The van der Waals surface area contributed by atoms with Crippen molar-refractivity contribution in [1.82, 2.24) is 5.32 Å². The van der Waals surface area contributed by atoms with Gasteiger partial charge in [-0.05, 0) is 25.7 Å². The van der Waals surface area contributed by atoms with Gasteiger partial charge >= 0.3 is 0 Å². The molecule has 0 fully saturated rings. The van der Waals surface area contributed by atoms with E-state index in [1.165, 1.54) is 25.7 Å². The lowest BCUT2D eigenvalue weighted by Gasteiger charge is -2.12. The highest BCUT2D eigenvalue weighted by Crippen LogP contribution is 2.13. The van der Waals surface area contributed by atoms with E-state index >= 15 is 0 Å². The molecule has 72 valence electrons. The molecule has 0 heterocycles. The van der Waals surface area contributed by atoms with Crippen molar-refractivity contribution in [2.45, 2.75) is 46.5 Å². The van der Waals surface area contributed by atoms with Crippen molar-refractivity contribution in [3.63, 3.8) is 0 Å². The van der Waals surface area contributed by atoms with E-state index in [2.05, 4.69) is 25.7 Å². The molecule has 0 aromatic heterocycles. The summed E-state index contributed by atoms with van der Waals surface area (Å²) < 4.78 is 0. The van der Waals surface area contributed by atoms with Gasteiger partial charge in [0.1, 0.15) is 0 Å². The fourth-order valence-electron chi connectivity index (χ4n) is 1.39. The average molecular weight is 169 g/mol. The number of nitrogens with one attached hydrogen (secondary N) is 1. The van der Waals surface area contributed by atoms with Gasteiger partial charge in [-0.2, -0.15) is 0 Å². The van der Waals surface area contributed by atoms with Crippen LogP contribution in [0.1, 0.15) is 46.5 Å². The highest BCUT2D eigenvalue weighted by Gasteiger charge is 2.01. The standard InChI is InChI=1S/C11H23N/c1-5-11(6-2)8-7-9-12-10(3)4/h11-12H,3,5-9H2,1-2,4H3. The smallest absolute Gasteiger partial charge is 0.0143 e. The second kappa shape index (κ2) is 7.20. The first kappa shape index (κ1) is 11.5. The molecule has 0 aromatic rings. The Bertz CT molecular complexity index is 114. The summed E-state index contributed by atoms with van der Waals surface area (Å²) in [6.45, 7) is 11.5. The zero-order chi connectivity index (χ0) is 9.40. The number of allylic oxidation sites excluding steroid dienone is 1. The third kappa shape index (κ3) is 6.26. The van der Waals surface area contributed by atoms with Crippen LogP contribution >= 0.6 is 0 Å². The fraction of sp³-hybridized carbons (Fsp3) is 0.818. The summed E-state index contributed by atoms with van der Waals surface area (Å²) in [6, 6.07) is 0. The third-order valence-corrected chi connectivity index (χ3v) is 2.37. The first-order valence-electron chi connectivity index (χ1n) is 5.10. The second-order valence-electron chi connectivity index (χ2n) is 3.53. The monoisotopic (exact) mass is 169 g/mol. The first-order chi connectivity index (χ1) is 5.70. The van der Waals surface area contributed by atoms with E-state index in [0.717, 1.165) is 18.2 Å². The zero-order valence-corrected chi connectivity index (χ0v) is 8.82. The molecular formula is C11H23N. The largest absolute Gasteiger partial charge is 0.389 e. The lowest BCUT2D eigenvalue weighted by molar-refractivity contribution is 0.438. The van der Waals surface area contributed by atoms with Crippen molar-refractivity contribution < 1.29 is 0 Å².